The summed E-state index contributed by atoms with van der Waals surface area (Å²) in [5.41, 5.74) is 6.35. The fourth-order valence-electron chi connectivity index (χ4n) is 2.90. The third kappa shape index (κ3) is 2.58. The zero-order chi connectivity index (χ0) is 14.8. The molecule has 1 aromatic rings. The van der Waals surface area contributed by atoms with Gasteiger partial charge in [-0.1, -0.05) is 19.1 Å². The van der Waals surface area contributed by atoms with Gasteiger partial charge in [0.25, 0.3) is 0 Å². The molecule has 110 valence electrons. The Morgan fingerprint density at radius 3 is 2.95 bits per heavy atom. The van der Waals surface area contributed by atoms with Crippen molar-refractivity contribution in [2.24, 2.45) is 5.73 Å². The second-order valence-corrected chi connectivity index (χ2v) is 5.52. The lowest BCUT2D eigenvalue weighted by Crippen LogP contribution is -2.64. The van der Waals surface area contributed by atoms with E-state index >= 15 is 0 Å². The average Bonchev–Trinajstić information content (AvgIpc) is 2.46. The number of benzene rings is 1. The maximum absolute atomic E-state index is 11.7. The van der Waals surface area contributed by atoms with E-state index in [9.17, 15) is 4.79 Å². The van der Waals surface area contributed by atoms with Crippen molar-refractivity contribution in [3.05, 3.63) is 29.8 Å². The van der Waals surface area contributed by atoms with Gasteiger partial charge in [0.05, 0.1) is 12.6 Å². The molecule has 1 unspecified atom stereocenters. The van der Waals surface area contributed by atoms with Gasteiger partial charge >= 0.3 is 6.03 Å². The van der Waals surface area contributed by atoms with Crippen LogP contribution in [0.15, 0.2) is 24.3 Å². The molecule has 2 atom stereocenters. The van der Waals surface area contributed by atoms with Crippen molar-refractivity contribution < 1.29 is 9.53 Å². The molecule has 1 fully saturated rings. The van der Waals surface area contributed by atoms with Crippen LogP contribution in [0.5, 0.6) is 5.75 Å². The van der Waals surface area contributed by atoms with Crippen LogP contribution >= 0.6 is 0 Å². The fraction of sp³-hybridized carbons (Fsp3) is 0.533. The number of hydrogen-bond acceptors (Lipinski definition) is 3. The Morgan fingerprint density at radius 1 is 1.55 bits per heavy atom. The summed E-state index contributed by atoms with van der Waals surface area (Å²) in [7, 11) is 1.66. The van der Waals surface area contributed by atoms with Crippen molar-refractivity contribution in [3.8, 4) is 5.75 Å². The molecule has 1 aliphatic rings. The van der Waals surface area contributed by atoms with Crippen LogP contribution < -0.4 is 15.8 Å². The van der Waals surface area contributed by atoms with E-state index in [-0.39, 0.29) is 17.5 Å². The van der Waals surface area contributed by atoms with Crippen LogP contribution in [0, 0.1) is 0 Å². The molecule has 5 nitrogen and oxygen atoms in total. The molecular weight excluding hydrogens is 254 g/mol. The first-order chi connectivity index (χ1) is 9.49. The third-order valence-corrected chi connectivity index (χ3v) is 4.40. The molecule has 5 heteroatoms. The number of amides is 2. The zero-order valence-electron chi connectivity index (χ0n) is 12.3. The molecule has 0 saturated carbocycles. The number of urea groups is 1. The SMILES string of the molecule is COc1cccc([C@@H](C)C2(C)CNCCN2C(N)=O)c1. The number of ether oxygens (including phenoxy) is 1. The number of methoxy groups -OCH3 is 1. The molecule has 0 radical (unpaired) electrons. The predicted molar refractivity (Wildman–Crippen MR) is 79.0 cm³/mol. The van der Waals surface area contributed by atoms with E-state index in [4.69, 9.17) is 10.5 Å². The number of carbonyl (C=O) groups is 1. The molecule has 1 heterocycles. The summed E-state index contributed by atoms with van der Waals surface area (Å²) in [6.45, 7) is 6.35. The van der Waals surface area contributed by atoms with E-state index in [1.165, 1.54) is 0 Å². The number of carbonyl (C=O) groups excluding carboxylic acids is 1. The van der Waals surface area contributed by atoms with Gasteiger partial charge < -0.3 is 20.7 Å². The van der Waals surface area contributed by atoms with Crippen LogP contribution in [0.1, 0.15) is 25.3 Å². The molecule has 0 bridgehead atoms. The molecule has 3 N–H and O–H groups in total. The van der Waals surface area contributed by atoms with Gasteiger partial charge in [0.1, 0.15) is 5.75 Å². The molecule has 0 spiro atoms. The van der Waals surface area contributed by atoms with E-state index in [0.717, 1.165) is 24.4 Å². The smallest absolute Gasteiger partial charge is 0.315 e. The van der Waals surface area contributed by atoms with Gasteiger partial charge in [-0.05, 0) is 24.6 Å². The number of piperazine rings is 1. The predicted octanol–water partition coefficient (Wildman–Crippen LogP) is 1.54. The monoisotopic (exact) mass is 277 g/mol. The minimum absolute atomic E-state index is 0.151. The molecule has 1 saturated heterocycles. The number of primary amides is 1. The summed E-state index contributed by atoms with van der Waals surface area (Å²) < 4.78 is 5.28. The zero-order valence-corrected chi connectivity index (χ0v) is 12.3. The van der Waals surface area contributed by atoms with E-state index in [2.05, 4.69) is 25.2 Å². The average molecular weight is 277 g/mol. The van der Waals surface area contributed by atoms with Crippen LogP contribution in [0.4, 0.5) is 4.79 Å². The van der Waals surface area contributed by atoms with Gasteiger partial charge in [-0.3, -0.25) is 0 Å². The van der Waals surface area contributed by atoms with E-state index in [1.807, 2.05) is 18.2 Å². The summed E-state index contributed by atoms with van der Waals surface area (Å²) in [5.74, 6) is 0.977. The topological polar surface area (TPSA) is 67.6 Å². The summed E-state index contributed by atoms with van der Waals surface area (Å²) in [6.07, 6.45) is 0. The molecular formula is C15H23N3O2. The van der Waals surface area contributed by atoms with Crippen LogP contribution in [0.3, 0.4) is 0 Å². The number of hydrogen-bond donors (Lipinski definition) is 2. The normalized spacial score (nSPS) is 24.2. The molecule has 20 heavy (non-hydrogen) atoms. The standard InChI is InChI=1S/C15H23N3O2/c1-11(12-5-4-6-13(9-12)20-3)15(2)10-17-7-8-18(15)14(16)19/h4-6,9,11,17H,7-8,10H2,1-3H3,(H2,16,19)/t11-,15?/m1/s1. The van der Waals surface area contributed by atoms with Gasteiger partial charge in [-0.25, -0.2) is 4.79 Å². The first-order valence-electron chi connectivity index (χ1n) is 6.91. The van der Waals surface area contributed by atoms with Crippen LogP contribution in [0.25, 0.3) is 0 Å². The summed E-state index contributed by atoms with van der Waals surface area (Å²) >= 11 is 0. The molecule has 2 amide bonds. The molecule has 1 aliphatic heterocycles. The Kier molecular flexibility index (Phi) is 4.18. The summed E-state index contributed by atoms with van der Waals surface area (Å²) in [4.78, 5) is 13.5. The van der Waals surface area contributed by atoms with Crippen molar-refractivity contribution in [2.75, 3.05) is 26.7 Å². The van der Waals surface area contributed by atoms with Crippen molar-refractivity contribution in [3.63, 3.8) is 0 Å². The lowest BCUT2D eigenvalue weighted by molar-refractivity contribution is 0.0885. The minimum atomic E-state index is -0.358. The Balaban J connectivity index is 2.32. The molecule has 0 aliphatic carbocycles. The Labute approximate surface area is 120 Å². The molecule has 0 aromatic heterocycles. The summed E-state index contributed by atoms with van der Waals surface area (Å²) in [6, 6.07) is 7.61. The number of nitrogens with zero attached hydrogens (tertiary/aromatic N) is 1. The van der Waals surface area contributed by atoms with E-state index in [1.54, 1.807) is 12.0 Å². The molecule has 2 rings (SSSR count). The molecule has 1 aromatic carbocycles. The van der Waals surface area contributed by atoms with Crippen LogP contribution in [-0.2, 0) is 0 Å². The number of nitrogens with two attached hydrogens (primary N) is 1. The van der Waals surface area contributed by atoms with Crippen LogP contribution in [0.2, 0.25) is 0 Å². The Bertz CT molecular complexity index is 492. The quantitative estimate of drug-likeness (QED) is 0.880. The van der Waals surface area contributed by atoms with Gasteiger partial charge in [0.15, 0.2) is 0 Å². The van der Waals surface area contributed by atoms with Crippen molar-refractivity contribution in [1.82, 2.24) is 10.2 Å². The second-order valence-electron chi connectivity index (χ2n) is 5.52. The Hall–Kier alpha value is -1.75. The third-order valence-electron chi connectivity index (χ3n) is 4.40. The van der Waals surface area contributed by atoms with Crippen molar-refractivity contribution in [1.29, 1.82) is 0 Å². The highest BCUT2D eigenvalue weighted by molar-refractivity contribution is 5.73. The first-order valence-corrected chi connectivity index (χ1v) is 6.91. The van der Waals surface area contributed by atoms with E-state index < -0.39 is 0 Å². The lowest BCUT2D eigenvalue weighted by Gasteiger charge is -2.48. The number of nitrogens with one attached hydrogen (secondary N) is 1. The van der Waals surface area contributed by atoms with Crippen LogP contribution in [-0.4, -0.2) is 43.2 Å². The minimum Gasteiger partial charge on any atom is -0.497 e. The van der Waals surface area contributed by atoms with Gasteiger partial charge in [-0.15, -0.1) is 0 Å². The maximum atomic E-state index is 11.7. The highest BCUT2D eigenvalue weighted by Gasteiger charge is 2.41. The maximum Gasteiger partial charge on any atom is 0.315 e. The number of rotatable bonds is 3. The first kappa shape index (κ1) is 14.7. The van der Waals surface area contributed by atoms with Gasteiger partial charge in [-0.2, -0.15) is 0 Å². The van der Waals surface area contributed by atoms with E-state index in [0.29, 0.717) is 6.54 Å². The second kappa shape index (κ2) is 5.71. The van der Waals surface area contributed by atoms with Crippen molar-refractivity contribution >= 4 is 6.03 Å². The lowest BCUT2D eigenvalue weighted by atomic mass is 9.79. The van der Waals surface area contributed by atoms with Gasteiger partial charge in [0, 0.05) is 25.6 Å². The fourth-order valence-corrected chi connectivity index (χ4v) is 2.90. The van der Waals surface area contributed by atoms with Gasteiger partial charge in [0.2, 0.25) is 0 Å². The summed E-state index contributed by atoms with van der Waals surface area (Å²) in [5, 5.41) is 3.36. The van der Waals surface area contributed by atoms with Crippen molar-refractivity contribution in [2.45, 2.75) is 25.3 Å². The highest BCUT2D eigenvalue weighted by Crippen LogP contribution is 2.35. The largest absolute Gasteiger partial charge is 0.497 e. The highest BCUT2D eigenvalue weighted by atomic mass is 16.5. The Morgan fingerprint density at radius 2 is 2.30 bits per heavy atom.